The minimum atomic E-state index is -0.602. The van der Waals surface area contributed by atoms with Crippen LogP contribution in [0, 0.1) is 0 Å². The molecule has 34 heavy (non-hydrogen) atoms. The Labute approximate surface area is 211 Å². The van der Waals surface area contributed by atoms with Gasteiger partial charge in [-0.05, 0) is 54.9 Å². The summed E-state index contributed by atoms with van der Waals surface area (Å²) < 4.78 is 7.24. The molecule has 1 aliphatic rings. The molecule has 4 rings (SSSR count). The topological polar surface area (TPSA) is 68.6 Å². The van der Waals surface area contributed by atoms with Crippen LogP contribution in [-0.2, 0) is 20.9 Å². The second kappa shape index (κ2) is 10.3. The fourth-order valence-electron chi connectivity index (χ4n) is 3.61. The Morgan fingerprint density at radius 1 is 1.18 bits per heavy atom. The van der Waals surface area contributed by atoms with Gasteiger partial charge in [-0.15, -0.1) is 0 Å². The number of thioether (sulfide) groups is 1. The van der Waals surface area contributed by atoms with Gasteiger partial charge < -0.3 is 9.30 Å². The van der Waals surface area contributed by atoms with Crippen LogP contribution in [0.4, 0.5) is 4.79 Å². The van der Waals surface area contributed by atoms with Crippen LogP contribution >= 0.6 is 35.0 Å². The van der Waals surface area contributed by atoms with Gasteiger partial charge in [-0.1, -0.05) is 54.4 Å². The van der Waals surface area contributed by atoms with Crippen LogP contribution in [0.1, 0.15) is 31.4 Å². The largest absolute Gasteiger partial charge is 0.461 e. The quantitative estimate of drug-likeness (QED) is 0.269. The molecule has 0 radical (unpaired) electrons. The SMILES string of the molecule is CC[C@H](C)OC(=O)CN1C(=O)S/C(=C/c2cn(Cc3ccc(Cl)cc3Cl)c3ccccc23)C1=O. The maximum absolute atomic E-state index is 12.9. The first-order valence-corrected chi connectivity index (χ1v) is 12.3. The van der Waals surface area contributed by atoms with Gasteiger partial charge in [-0.25, -0.2) is 0 Å². The van der Waals surface area contributed by atoms with E-state index in [4.69, 9.17) is 27.9 Å². The van der Waals surface area contributed by atoms with Gasteiger partial charge >= 0.3 is 5.97 Å². The molecule has 0 spiro atoms. The van der Waals surface area contributed by atoms with Gasteiger partial charge in [0.05, 0.1) is 11.0 Å². The number of ether oxygens (including phenoxy) is 1. The van der Waals surface area contributed by atoms with Gasteiger partial charge in [-0.3, -0.25) is 19.3 Å². The lowest BCUT2D eigenvalue weighted by Crippen LogP contribution is -2.35. The molecule has 176 valence electrons. The number of hydrogen-bond acceptors (Lipinski definition) is 5. The third-order valence-electron chi connectivity index (χ3n) is 5.53. The Balaban J connectivity index is 1.62. The Morgan fingerprint density at radius 3 is 2.68 bits per heavy atom. The number of para-hydroxylation sites is 1. The van der Waals surface area contributed by atoms with Crippen LogP contribution in [-0.4, -0.2) is 39.2 Å². The van der Waals surface area contributed by atoms with E-state index in [9.17, 15) is 14.4 Å². The molecule has 0 N–H and O–H groups in total. The fourth-order valence-corrected chi connectivity index (χ4v) is 4.90. The van der Waals surface area contributed by atoms with Crippen molar-refractivity contribution in [2.75, 3.05) is 6.54 Å². The van der Waals surface area contributed by atoms with Crippen molar-refractivity contribution in [2.24, 2.45) is 0 Å². The number of carbonyl (C=O) groups is 3. The molecule has 0 saturated carbocycles. The number of nitrogens with zero attached hydrogens (tertiary/aromatic N) is 2. The van der Waals surface area contributed by atoms with Gasteiger partial charge in [0, 0.05) is 39.3 Å². The second-order valence-electron chi connectivity index (χ2n) is 7.94. The van der Waals surface area contributed by atoms with E-state index in [2.05, 4.69) is 0 Å². The van der Waals surface area contributed by atoms with Gasteiger partial charge in [0.2, 0.25) is 0 Å². The molecule has 2 aromatic carbocycles. The van der Waals surface area contributed by atoms with Crippen LogP contribution in [0.2, 0.25) is 10.0 Å². The minimum Gasteiger partial charge on any atom is -0.461 e. The van der Waals surface area contributed by atoms with Crippen molar-refractivity contribution >= 4 is 69.1 Å². The van der Waals surface area contributed by atoms with E-state index in [1.54, 1.807) is 25.1 Å². The molecule has 0 unspecified atom stereocenters. The number of fused-ring (bicyclic) bond motifs is 1. The van der Waals surface area contributed by atoms with E-state index in [-0.39, 0.29) is 11.0 Å². The Bertz CT molecular complexity index is 1320. The van der Waals surface area contributed by atoms with E-state index in [1.807, 2.05) is 48.0 Å². The summed E-state index contributed by atoms with van der Waals surface area (Å²) >= 11 is 13.2. The number of aromatic nitrogens is 1. The monoisotopic (exact) mass is 516 g/mol. The number of imide groups is 1. The normalized spacial score (nSPS) is 16.0. The first-order chi connectivity index (χ1) is 16.3. The fraction of sp³-hybridized carbons (Fsp3) is 0.240. The summed E-state index contributed by atoms with van der Waals surface area (Å²) in [4.78, 5) is 38.6. The molecular formula is C25H22Cl2N2O4S. The molecule has 0 bridgehead atoms. The highest BCUT2D eigenvalue weighted by atomic mass is 35.5. The van der Waals surface area contributed by atoms with Gasteiger partial charge in [0.1, 0.15) is 6.54 Å². The zero-order valence-corrected chi connectivity index (χ0v) is 20.9. The zero-order valence-electron chi connectivity index (χ0n) is 18.6. The molecular weight excluding hydrogens is 495 g/mol. The maximum Gasteiger partial charge on any atom is 0.326 e. The van der Waals surface area contributed by atoms with Crippen molar-refractivity contribution in [3.63, 3.8) is 0 Å². The number of benzene rings is 2. The Kier molecular flexibility index (Phi) is 7.36. The average molecular weight is 517 g/mol. The second-order valence-corrected chi connectivity index (χ2v) is 9.78. The van der Waals surface area contributed by atoms with E-state index in [0.717, 1.165) is 38.7 Å². The minimum absolute atomic E-state index is 0.258. The van der Waals surface area contributed by atoms with Crippen LogP contribution in [0.5, 0.6) is 0 Å². The lowest BCUT2D eigenvalue weighted by molar-refractivity contribution is -0.150. The standard InChI is InChI=1S/C25H22Cl2N2O4S/c1-3-15(2)33-23(30)14-29-24(31)22(34-25(29)32)10-17-13-28(21-7-5-4-6-19(17)21)12-16-8-9-18(26)11-20(16)27/h4-11,13,15H,3,12,14H2,1-2H3/b22-10+/t15-/m0/s1. The third kappa shape index (κ3) is 5.17. The molecule has 9 heteroatoms. The highest BCUT2D eigenvalue weighted by Gasteiger charge is 2.37. The number of hydrogen-bond donors (Lipinski definition) is 0. The number of amides is 2. The summed E-state index contributed by atoms with van der Waals surface area (Å²) in [6.07, 6.45) is 3.98. The molecule has 3 aromatic rings. The van der Waals surface area contributed by atoms with Crippen LogP contribution < -0.4 is 0 Å². The summed E-state index contributed by atoms with van der Waals surface area (Å²) in [6, 6.07) is 13.1. The summed E-state index contributed by atoms with van der Waals surface area (Å²) in [6.45, 7) is 3.76. The van der Waals surface area contributed by atoms with E-state index >= 15 is 0 Å². The first-order valence-electron chi connectivity index (χ1n) is 10.7. The number of esters is 1. The highest BCUT2D eigenvalue weighted by Crippen LogP contribution is 2.34. The van der Waals surface area contributed by atoms with Crippen molar-refractivity contribution in [1.29, 1.82) is 0 Å². The van der Waals surface area contributed by atoms with E-state index in [1.165, 1.54) is 0 Å². The van der Waals surface area contributed by atoms with Crippen molar-refractivity contribution in [3.05, 3.63) is 74.7 Å². The van der Waals surface area contributed by atoms with Crippen LogP contribution in [0.3, 0.4) is 0 Å². The zero-order chi connectivity index (χ0) is 24.4. The first kappa shape index (κ1) is 24.4. The smallest absolute Gasteiger partial charge is 0.326 e. The van der Waals surface area contributed by atoms with Crippen molar-refractivity contribution < 1.29 is 19.1 Å². The molecule has 0 aliphatic carbocycles. The molecule has 1 atom stereocenters. The molecule has 1 aliphatic heterocycles. The molecule has 1 saturated heterocycles. The maximum atomic E-state index is 12.9. The van der Waals surface area contributed by atoms with E-state index < -0.39 is 23.7 Å². The number of halogens is 2. The summed E-state index contributed by atoms with van der Waals surface area (Å²) in [5, 5.41) is 1.57. The summed E-state index contributed by atoms with van der Waals surface area (Å²) in [7, 11) is 0. The average Bonchev–Trinajstić information content (AvgIpc) is 3.27. The molecule has 6 nitrogen and oxygen atoms in total. The van der Waals surface area contributed by atoms with Crippen LogP contribution in [0.25, 0.3) is 17.0 Å². The predicted octanol–water partition coefficient (Wildman–Crippen LogP) is 6.37. The van der Waals surface area contributed by atoms with E-state index in [0.29, 0.717) is 23.0 Å². The third-order valence-corrected chi connectivity index (χ3v) is 7.02. The van der Waals surface area contributed by atoms with Crippen molar-refractivity contribution in [2.45, 2.75) is 32.9 Å². The van der Waals surface area contributed by atoms with Gasteiger partial charge in [0.25, 0.3) is 11.1 Å². The Hall–Kier alpha value is -2.74. The highest BCUT2D eigenvalue weighted by molar-refractivity contribution is 8.18. The Morgan fingerprint density at radius 2 is 1.94 bits per heavy atom. The molecule has 1 fully saturated rings. The number of carbonyl (C=O) groups excluding carboxylic acids is 3. The predicted molar refractivity (Wildman–Crippen MR) is 136 cm³/mol. The lowest BCUT2D eigenvalue weighted by atomic mass is 10.1. The van der Waals surface area contributed by atoms with Gasteiger partial charge in [-0.2, -0.15) is 0 Å². The number of rotatable bonds is 7. The van der Waals surface area contributed by atoms with Crippen molar-refractivity contribution in [1.82, 2.24) is 9.47 Å². The molecule has 1 aromatic heterocycles. The van der Waals surface area contributed by atoms with Crippen molar-refractivity contribution in [3.8, 4) is 0 Å². The summed E-state index contributed by atoms with van der Waals surface area (Å²) in [5.41, 5.74) is 2.64. The summed E-state index contributed by atoms with van der Waals surface area (Å²) in [5.74, 6) is -1.11. The molecule has 2 heterocycles. The lowest BCUT2D eigenvalue weighted by Gasteiger charge is -2.14. The van der Waals surface area contributed by atoms with Gasteiger partial charge in [0.15, 0.2) is 0 Å². The van der Waals surface area contributed by atoms with Crippen LogP contribution in [0.15, 0.2) is 53.6 Å². The molecule has 2 amide bonds.